The highest BCUT2D eigenvalue weighted by Gasteiger charge is 2.36. The fourth-order valence-corrected chi connectivity index (χ4v) is 3.98. The highest BCUT2D eigenvalue weighted by Crippen LogP contribution is 2.23. The van der Waals surface area contributed by atoms with Gasteiger partial charge in [-0.1, -0.05) is 61.8 Å². The molecule has 0 aliphatic rings. The van der Waals surface area contributed by atoms with Crippen molar-refractivity contribution in [2.24, 2.45) is 5.92 Å². The van der Waals surface area contributed by atoms with Crippen molar-refractivity contribution in [3.63, 3.8) is 0 Å². The van der Waals surface area contributed by atoms with Crippen molar-refractivity contribution in [3.05, 3.63) is 59.1 Å². The number of halogens is 1. The Morgan fingerprint density at radius 3 is 2.32 bits per heavy atom. The molecule has 0 aliphatic carbocycles. The summed E-state index contributed by atoms with van der Waals surface area (Å²) in [7, 11) is 1.14. The van der Waals surface area contributed by atoms with Gasteiger partial charge in [-0.15, -0.1) is 0 Å². The lowest BCUT2D eigenvalue weighted by Crippen LogP contribution is -2.57. The summed E-state index contributed by atoms with van der Waals surface area (Å²) in [6, 6.07) is 13.5. The van der Waals surface area contributed by atoms with Crippen molar-refractivity contribution in [1.82, 2.24) is 10.6 Å². The number of rotatable bonds is 14. The average Bonchev–Trinajstić information content (AvgIpc) is 2.94. The zero-order valence-corrected chi connectivity index (χ0v) is 23.6. The number of carbonyl (C=O) groups is 5. The van der Waals surface area contributed by atoms with Gasteiger partial charge in [0.2, 0.25) is 0 Å². The maximum absolute atomic E-state index is 12.4. The molecule has 2 aromatic rings. The number of aliphatic hydroxyl groups is 1. The number of aliphatic hydroxyl groups excluding tert-OH is 1. The van der Waals surface area contributed by atoms with Crippen molar-refractivity contribution in [3.8, 4) is 11.1 Å². The van der Waals surface area contributed by atoms with E-state index in [0.717, 1.165) is 18.2 Å². The number of methoxy groups -OCH3 is 1. The normalized spacial score (nSPS) is 13.8. The summed E-state index contributed by atoms with van der Waals surface area (Å²) >= 11 is 6.05. The summed E-state index contributed by atoms with van der Waals surface area (Å²) in [6.07, 6.45) is -2.36. The number of ether oxygens (including phenoxy) is 3. The maximum Gasteiger partial charge on any atom is 0.407 e. The van der Waals surface area contributed by atoms with Gasteiger partial charge in [-0.05, 0) is 41.2 Å². The molecule has 41 heavy (non-hydrogen) atoms. The number of esters is 1. The summed E-state index contributed by atoms with van der Waals surface area (Å²) in [5.41, 5.74) is 1.02. The second kappa shape index (κ2) is 15.7. The van der Waals surface area contributed by atoms with Gasteiger partial charge >= 0.3 is 23.9 Å². The Hall–Kier alpha value is -4.00. The van der Waals surface area contributed by atoms with E-state index in [1.807, 2.05) is 24.3 Å². The molecule has 0 bridgehead atoms. The molecule has 0 saturated heterocycles. The Bertz CT molecular complexity index is 1220. The standard InChI is InChI=1S/C28H33ClN2O10/c1-17(2)28(14-32,31-27(38)39-3)15-40-16-41-26(37)23(33)13-22(30-24(34)25(35)36)11-18-7-9-19(10-8-18)20-5-4-6-21(29)12-20/h4-10,12,14,17,22-23,33H,11,13,15-16H2,1-3H3,(H,30,34)(H,31,38)(H,35,36)/t22-,23-,28+/m1/s1. The average molecular weight is 593 g/mol. The molecule has 0 heterocycles. The van der Waals surface area contributed by atoms with Gasteiger partial charge in [-0.25, -0.2) is 14.4 Å². The summed E-state index contributed by atoms with van der Waals surface area (Å²) < 4.78 is 14.7. The van der Waals surface area contributed by atoms with E-state index in [1.165, 1.54) is 0 Å². The highest BCUT2D eigenvalue weighted by atomic mass is 35.5. The zero-order chi connectivity index (χ0) is 30.6. The Morgan fingerprint density at radius 1 is 1.07 bits per heavy atom. The van der Waals surface area contributed by atoms with E-state index in [4.69, 9.17) is 26.2 Å². The molecule has 13 heteroatoms. The van der Waals surface area contributed by atoms with Crippen LogP contribution in [0.15, 0.2) is 48.5 Å². The van der Waals surface area contributed by atoms with Gasteiger partial charge in [0.1, 0.15) is 11.8 Å². The summed E-state index contributed by atoms with van der Waals surface area (Å²) in [5, 5.41) is 24.7. The van der Waals surface area contributed by atoms with E-state index in [0.29, 0.717) is 16.9 Å². The van der Waals surface area contributed by atoms with Crippen LogP contribution in [0.25, 0.3) is 11.1 Å². The molecule has 222 valence electrons. The molecule has 0 aromatic heterocycles. The van der Waals surface area contributed by atoms with Crippen molar-refractivity contribution < 1.29 is 48.4 Å². The van der Waals surface area contributed by atoms with Crippen LogP contribution in [0.3, 0.4) is 0 Å². The molecule has 0 unspecified atom stereocenters. The zero-order valence-electron chi connectivity index (χ0n) is 22.8. The van der Waals surface area contributed by atoms with Crippen LogP contribution in [-0.4, -0.2) is 78.6 Å². The third-order valence-corrected chi connectivity index (χ3v) is 6.52. The van der Waals surface area contributed by atoms with Crippen LogP contribution in [0.4, 0.5) is 4.79 Å². The van der Waals surface area contributed by atoms with Crippen LogP contribution in [-0.2, 0) is 39.8 Å². The third-order valence-electron chi connectivity index (χ3n) is 6.29. The lowest BCUT2D eigenvalue weighted by molar-refractivity contribution is -0.169. The highest BCUT2D eigenvalue weighted by molar-refractivity contribution is 6.31. The van der Waals surface area contributed by atoms with Crippen LogP contribution < -0.4 is 10.6 Å². The molecule has 12 nitrogen and oxygen atoms in total. The number of amides is 2. The van der Waals surface area contributed by atoms with Crippen molar-refractivity contribution in [2.75, 3.05) is 20.5 Å². The number of carboxylic acids is 1. The molecule has 0 saturated carbocycles. The van der Waals surface area contributed by atoms with E-state index in [9.17, 15) is 29.1 Å². The molecule has 2 aromatic carbocycles. The minimum Gasteiger partial charge on any atom is -0.474 e. The van der Waals surface area contributed by atoms with Crippen LogP contribution in [0, 0.1) is 5.92 Å². The molecule has 3 atom stereocenters. The molecule has 0 radical (unpaired) electrons. The molecule has 4 N–H and O–H groups in total. The van der Waals surface area contributed by atoms with E-state index in [2.05, 4.69) is 15.4 Å². The van der Waals surface area contributed by atoms with Gasteiger partial charge < -0.3 is 39.9 Å². The number of alkyl carbamates (subject to hydrolysis) is 1. The number of aldehydes is 1. The lowest BCUT2D eigenvalue weighted by Gasteiger charge is -2.32. The topological polar surface area (TPSA) is 178 Å². The van der Waals surface area contributed by atoms with Gasteiger partial charge in [-0.2, -0.15) is 0 Å². The van der Waals surface area contributed by atoms with Crippen LogP contribution in [0.1, 0.15) is 25.8 Å². The second-order valence-electron chi connectivity index (χ2n) is 9.50. The predicted octanol–water partition coefficient (Wildman–Crippen LogP) is 2.34. The van der Waals surface area contributed by atoms with Gasteiger partial charge in [0.05, 0.1) is 13.7 Å². The number of carboxylic acid groups (broad SMARTS) is 1. The van der Waals surface area contributed by atoms with Crippen LogP contribution in [0.2, 0.25) is 5.02 Å². The molecule has 2 rings (SSSR count). The van der Waals surface area contributed by atoms with Gasteiger partial charge in [0.25, 0.3) is 0 Å². The fourth-order valence-electron chi connectivity index (χ4n) is 3.79. The first kappa shape index (κ1) is 33.2. The van der Waals surface area contributed by atoms with Crippen LogP contribution >= 0.6 is 11.6 Å². The van der Waals surface area contributed by atoms with E-state index in [1.54, 1.807) is 38.1 Å². The molecular formula is C28H33ClN2O10. The lowest BCUT2D eigenvalue weighted by atomic mass is 9.89. The first-order valence-corrected chi connectivity index (χ1v) is 12.9. The van der Waals surface area contributed by atoms with E-state index >= 15 is 0 Å². The Balaban J connectivity index is 2.01. The molecule has 0 aliphatic heterocycles. The molecule has 2 amide bonds. The molecular weight excluding hydrogens is 560 g/mol. The number of hydrogen-bond acceptors (Lipinski definition) is 9. The fraction of sp³-hybridized carbons (Fsp3) is 0.393. The van der Waals surface area contributed by atoms with Crippen molar-refractivity contribution >= 4 is 41.8 Å². The Morgan fingerprint density at radius 2 is 1.76 bits per heavy atom. The maximum atomic E-state index is 12.4. The quantitative estimate of drug-likeness (QED) is 0.0836. The van der Waals surface area contributed by atoms with E-state index < -0.39 is 54.3 Å². The smallest absolute Gasteiger partial charge is 0.407 e. The summed E-state index contributed by atoms with van der Waals surface area (Å²) in [6.45, 7) is 2.33. The number of carbonyl (C=O) groups excluding carboxylic acids is 4. The minimum absolute atomic E-state index is 0.102. The van der Waals surface area contributed by atoms with Crippen molar-refractivity contribution in [2.45, 2.75) is 44.4 Å². The number of hydrogen-bond donors (Lipinski definition) is 4. The Labute approximate surface area is 241 Å². The minimum atomic E-state index is -1.74. The monoisotopic (exact) mass is 592 g/mol. The predicted molar refractivity (Wildman–Crippen MR) is 147 cm³/mol. The largest absolute Gasteiger partial charge is 0.474 e. The summed E-state index contributed by atoms with van der Waals surface area (Å²) in [5.74, 6) is -4.52. The Kier molecular flexibility index (Phi) is 12.7. The van der Waals surface area contributed by atoms with Gasteiger partial charge in [0, 0.05) is 17.5 Å². The first-order chi connectivity index (χ1) is 19.4. The SMILES string of the molecule is COC(=O)N[C@@](C=O)(COCOC(=O)[C@H](O)C[C@@H](Cc1ccc(-c2cccc(Cl)c2)cc1)NC(=O)C(=O)O)C(C)C. The number of aliphatic carboxylic acids is 1. The molecule has 0 spiro atoms. The van der Waals surface area contributed by atoms with Gasteiger partial charge in [0.15, 0.2) is 12.9 Å². The summed E-state index contributed by atoms with van der Waals surface area (Å²) in [4.78, 5) is 58.6. The second-order valence-corrected chi connectivity index (χ2v) is 9.93. The number of nitrogens with one attached hydrogen (secondary N) is 2. The third kappa shape index (κ3) is 10.2. The molecule has 0 fully saturated rings. The van der Waals surface area contributed by atoms with Crippen molar-refractivity contribution in [1.29, 1.82) is 0 Å². The number of benzene rings is 2. The van der Waals surface area contributed by atoms with Crippen LogP contribution in [0.5, 0.6) is 0 Å². The van der Waals surface area contributed by atoms with E-state index in [-0.39, 0.29) is 19.4 Å². The van der Waals surface area contributed by atoms with Gasteiger partial charge in [-0.3, -0.25) is 4.79 Å². The first-order valence-electron chi connectivity index (χ1n) is 12.5.